The third-order valence-electron chi connectivity index (χ3n) is 1.90. The van der Waals surface area contributed by atoms with E-state index >= 15 is 0 Å². The number of unbranched alkanes of at least 4 members (excludes halogenated alkanes) is 4. The van der Waals surface area contributed by atoms with E-state index in [-0.39, 0.29) is 0 Å². The van der Waals surface area contributed by atoms with Gasteiger partial charge in [-0.15, -0.1) is 0 Å². The molecule has 0 atom stereocenters. The zero-order chi connectivity index (χ0) is 9.45. The molecule has 0 spiro atoms. The summed E-state index contributed by atoms with van der Waals surface area (Å²) >= 11 is 8.66. The van der Waals surface area contributed by atoms with E-state index in [2.05, 4.69) is 35.7 Å². The summed E-state index contributed by atoms with van der Waals surface area (Å²) in [6.07, 6.45) is 6.95. The van der Waals surface area contributed by atoms with Crippen LogP contribution in [0.4, 0.5) is 0 Å². The average Bonchev–Trinajstić information content (AvgIpc) is 1.94. The van der Waals surface area contributed by atoms with Gasteiger partial charge in [-0.05, 0) is 16.9 Å². The maximum atomic E-state index is 6.21. The summed E-state index contributed by atoms with van der Waals surface area (Å²) in [6, 6.07) is 1.29. The second kappa shape index (κ2) is 7.62. The fourth-order valence-corrected chi connectivity index (χ4v) is 3.20. The molecule has 0 heterocycles. The Morgan fingerprint density at radius 1 is 1.00 bits per heavy atom. The Kier molecular flexibility index (Phi) is 8.41. The molecular weight excluding hydrogens is 299 g/mol. The van der Waals surface area contributed by atoms with Crippen molar-refractivity contribution in [1.29, 1.82) is 0 Å². The van der Waals surface area contributed by atoms with Crippen LogP contribution in [0.2, 0.25) is 19.1 Å². The first-order valence-electron chi connectivity index (χ1n) is 4.81. The van der Waals surface area contributed by atoms with Crippen LogP contribution in [0.1, 0.15) is 32.1 Å². The second-order valence-corrected chi connectivity index (χ2v) is 12.0. The lowest BCUT2D eigenvalue weighted by atomic mass is 10.2. The highest BCUT2D eigenvalue weighted by Crippen LogP contribution is 2.18. The van der Waals surface area contributed by atoms with Crippen molar-refractivity contribution in [3.63, 3.8) is 0 Å². The zero-order valence-electron chi connectivity index (χ0n) is 8.21. The molecule has 74 valence electrons. The number of hydrogen-bond donors (Lipinski definition) is 0. The van der Waals surface area contributed by atoms with Crippen LogP contribution in [0.15, 0.2) is 0 Å². The van der Waals surface area contributed by atoms with E-state index in [4.69, 9.17) is 11.1 Å². The van der Waals surface area contributed by atoms with Crippen LogP contribution in [0.25, 0.3) is 0 Å². The van der Waals surface area contributed by atoms with Gasteiger partial charge >= 0.3 is 0 Å². The molecule has 0 aliphatic heterocycles. The largest absolute Gasteiger partial charge is 0.168 e. The van der Waals surface area contributed by atoms with Crippen molar-refractivity contribution in [1.82, 2.24) is 0 Å². The molecule has 3 heteroatoms. The monoisotopic (exact) mass is 318 g/mol. The lowest BCUT2D eigenvalue weighted by Crippen LogP contribution is -2.14. The Labute approximate surface area is 96.3 Å². The molecule has 0 aliphatic carbocycles. The fraction of sp³-hybridized carbons (Fsp3) is 1.00. The molecule has 0 aromatic heterocycles. The first kappa shape index (κ1) is 13.2. The van der Waals surface area contributed by atoms with E-state index in [1.165, 1.54) is 42.6 Å². The quantitative estimate of drug-likeness (QED) is 0.208. The van der Waals surface area contributed by atoms with Crippen molar-refractivity contribution in [2.75, 3.05) is 4.43 Å². The number of halogens is 2. The van der Waals surface area contributed by atoms with Gasteiger partial charge in [0, 0.05) is 0 Å². The van der Waals surface area contributed by atoms with Gasteiger partial charge in [0.15, 0.2) is 0 Å². The molecule has 0 bridgehead atoms. The van der Waals surface area contributed by atoms with E-state index in [9.17, 15) is 0 Å². The number of alkyl halides is 1. The van der Waals surface area contributed by atoms with Crippen LogP contribution in [0, 0.1) is 0 Å². The summed E-state index contributed by atoms with van der Waals surface area (Å²) in [7, 11) is -1.25. The molecule has 12 heavy (non-hydrogen) atoms. The summed E-state index contributed by atoms with van der Waals surface area (Å²) in [5.41, 5.74) is 0. The molecular formula is C9H20ClISi. The van der Waals surface area contributed by atoms with Gasteiger partial charge in [-0.3, -0.25) is 0 Å². The van der Waals surface area contributed by atoms with Crippen LogP contribution < -0.4 is 0 Å². The molecule has 0 saturated carbocycles. The molecule has 0 fully saturated rings. The van der Waals surface area contributed by atoms with Crippen LogP contribution in [0.3, 0.4) is 0 Å². The van der Waals surface area contributed by atoms with E-state index in [0.717, 1.165) is 0 Å². The van der Waals surface area contributed by atoms with Crippen LogP contribution in [-0.4, -0.2) is 11.8 Å². The zero-order valence-corrected chi connectivity index (χ0v) is 12.1. The third-order valence-corrected chi connectivity index (χ3v) is 4.78. The van der Waals surface area contributed by atoms with Gasteiger partial charge in [-0.25, -0.2) is 0 Å². The molecule has 0 amide bonds. The van der Waals surface area contributed by atoms with Crippen molar-refractivity contribution in [2.24, 2.45) is 0 Å². The van der Waals surface area contributed by atoms with Crippen LogP contribution >= 0.6 is 33.7 Å². The topological polar surface area (TPSA) is 0 Å². The Morgan fingerprint density at radius 2 is 1.50 bits per heavy atom. The first-order valence-corrected chi connectivity index (χ1v) is 10.6. The highest BCUT2D eigenvalue weighted by molar-refractivity contribution is 14.1. The van der Waals surface area contributed by atoms with E-state index < -0.39 is 7.38 Å². The molecule has 0 unspecified atom stereocenters. The van der Waals surface area contributed by atoms with Crippen LogP contribution in [0.5, 0.6) is 0 Å². The highest BCUT2D eigenvalue weighted by Gasteiger charge is 2.15. The first-order chi connectivity index (χ1) is 5.56. The lowest BCUT2D eigenvalue weighted by molar-refractivity contribution is 0.659. The molecule has 0 saturated heterocycles. The molecule has 0 radical (unpaired) electrons. The summed E-state index contributed by atoms with van der Waals surface area (Å²) in [6.45, 7) is 4.47. The van der Waals surface area contributed by atoms with Gasteiger partial charge in [-0.2, -0.15) is 11.1 Å². The van der Waals surface area contributed by atoms with Gasteiger partial charge in [0.2, 0.25) is 0 Å². The Bertz CT molecular complexity index is 101. The van der Waals surface area contributed by atoms with E-state index in [1.807, 2.05) is 0 Å². The predicted octanol–water partition coefficient (Wildman–Crippen LogP) is 4.82. The Hall–Kier alpha value is 1.24. The number of hydrogen-bond acceptors (Lipinski definition) is 0. The average molecular weight is 319 g/mol. The van der Waals surface area contributed by atoms with Gasteiger partial charge in [0.25, 0.3) is 0 Å². The van der Waals surface area contributed by atoms with Crippen molar-refractivity contribution < 1.29 is 0 Å². The van der Waals surface area contributed by atoms with Crippen LogP contribution in [-0.2, 0) is 0 Å². The summed E-state index contributed by atoms with van der Waals surface area (Å²) < 4.78 is 1.31. The van der Waals surface area contributed by atoms with Crippen molar-refractivity contribution >= 4 is 41.1 Å². The van der Waals surface area contributed by atoms with Gasteiger partial charge < -0.3 is 0 Å². The minimum atomic E-state index is -1.25. The minimum Gasteiger partial charge on any atom is -0.168 e. The Morgan fingerprint density at radius 3 is 2.00 bits per heavy atom. The summed E-state index contributed by atoms with van der Waals surface area (Å²) in [5, 5.41) is 0. The summed E-state index contributed by atoms with van der Waals surface area (Å²) in [5.74, 6) is 0. The van der Waals surface area contributed by atoms with Gasteiger partial charge in [0.1, 0.15) is 7.38 Å². The maximum absolute atomic E-state index is 6.21. The SMILES string of the molecule is C[Si](C)(Cl)CCCCCCCI. The molecule has 0 rings (SSSR count). The summed E-state index contributed by atoms with van der Waals surface area (Å²) in [4.78, 5) is 0. The van der Waals surface area contributed by atoms with Gasteiger partial charge in [-0.1, -0.05) is 61.4 Å². The van der Waals surface area contributed by atoms with Crippen molar-refractivity contribution in [2.45, 2.75) is 51.2 Å². The normalized spacial score (nSPS) is 12.0. The molecule has 0 aliphatic rings. The predicted molar refractivity (Wildman–Crippen MR) is 70.1 cm³/mol. The minimum absolute atomic E-state index is 1.25. The van der Waals surface area contributed by atoms with E-state index in [1.54, 1.807) is 0 Å². The van der Waals surface area contributed by atoms with E-state index in [0.29, 0.717) is 0 Å². The van der Waals surface area contributed by atoms with Crippen molar-refractivity contribution in [3.05, 3.63) is 0 Å². The Balaban J connectivity index is 3.01. The molecule has 0 nitrogen and oxygen atoms in total. The lowest BCUT2D eigenvalue weighted by Gasteiger charge is -2.11. The van der Waals surface area contributed by atoms with Crippen molar-refractivity contribution in [3.8, 4) is 0 Å². The molecule has 0 aromatic carbocycles. The van der Waals surface area contributed by atoms with Gasteiger partial charge in [0.05, 0.1) is 0 Å². The number of rotatable bonds is 7. The standard InChI is InChI=1S/C9H20ClISi/c1-12(2,10)9-7-5-3-4-6-8-11/h3-9H2,1-2H3. The molecule has 0 N–H and O–H groups in total. The fourth-order valence-electron chi connectivity index (χ4n) is 1.17. The highest BCUT2D eigenvalue weighted by atomic mass is 127. The second-order valence-electron chi connectivity index (χ2n) is 3.93. The third kappa shape index (κ3) is 11.2. The smallest absolute Gasteiger partial charge is 0.150 e. The maximum Gasteiger partial charge on any atom is 0.150 e. The molecule has 0 aromatic rings.